The van der Waals surface area contributed by atoms with Crippen molar-refractivity contribution in [2.24, 2.45) is 11.3 Å². The molecule has 1 aromatic heterocycles. The molecule has 2 aliphatic heterocycles. The number of amides is 1. The fourth-order valence-electron chi connectivity index (χ4n) is 4.84. The van der Waals surface area contributed by atoms with Gasteiger partial charge in [-0.05, 0) is 43.0 Å². The van der Waals surface area contributed by atoms with Crippen molar-refractivity contribution in [1.82, 2.24) is 4.90 Å². The zero-order valence-corrected chi connectivity index (χ0v) is 18.5. The molecular weight excluding hydrogens is 439 g/mol. The number of ether oxygens (including phenoxy) is 1. The Kier molecular flexibility index (Phi) is 6.19. The van der Waals surface area contributed by atoms with Gasteiger partial charge in [0.25, 0.3) is 5.91 Å². The van der Waals surface area contributed by atoms with Crippen LogP contribution in [0, 0.1) is 22.7 Å². The van der Waals surface area contributed by atoms with E-state index in [0.29, 0.717) is 57.1 Å². The highest BCUT2D eigenvalue weighted by atomic mass is 32.1. The Morgan fingerprint density at radius 1 is 1.34 bits per heavy atom. The van der Waals surface area contributed by atoms with Crippen LogP contribution in [0.15, 0.2) is 35.0 Å². The van der Waals surface area contributed by atoms with E-state index in [1.54, 1.807) is 12.1 Å². The number of anilines is 1. The molecule has 0 radical (unpaired) electrons. The molecule has 170 valence electrons. The molecular formula is C23H24F3N3O2S. The average molecular weight is 464 g/mol. The topological polar surface area (TPSA) is 56.6 Å². The van der Waals surface area contributed by atoms with E-state index in [4.69, 9.17) is 10.00 Å². The number of piperidine rings is 1. The van der Waals surface area contributed by atoms with Gasteiger partial charge in [-0.2, -0.15) is 29.8 Å². The van der Waals surface area contributed by atoms with Crippen LogP contribution in [0.25, 0.3) is 0 Å². The largest absolute Gasteiger partial charge is 0.417 e. The van der Waals surface area contributed by atoms with E-state index in [0.717, 1.165) is 6.07 Å². The third kappa shape index (κ3) is 4.21. The van der Waals surface area contributed by atoms with Gasteiger partial charge in [-0.1, -0.05) is 0 Å². The van der Waals surface area contributed by atoms with Crippen LogP contribution in [-0.4, -0.2) is 50.2 Å². The molecule has 0 saturated carbocycles. The van der Waals surface area contributed by atoms with E-state index in [1.807, 2.05) is 33.6 Å². The summed E-state index contributed by atoms with van der Waals surface area (Å²) in [6, 6.07) is 7.32. The number of carbonyl (C=O) groups excluding carboxylic acids is 1. The Bertz CT molecular complexity index is 1020. The van der Waals surface area contributed by atoms with E-state index in [9.17, 15) is 18.0 Å². The highest BCUT2D eigenvalue weighted by Gasteiger charge is 2.51. The minimum absolute atomic E-state index is 0.0131. The number of halogens is 3. The number of hydrogen-bond donors (Lipinski definition) is 0. The van der Waals surface area contributed by atoms with Gasteiger partial charge in [0.05, 0.1) is 29.4 Å². The molecule has 4 rings (SSSR count). The van der Waals surface area contributed by atoms with E-state index >= 15 is 0 Å². The third-order valence-corrected chi connectivity index (χ3v) is 7.26. The molecule has 2 aliphatic rings. The summed E-state index contributed by atoms with van der Waals surface area (Å²) in [4.78, 5) is 16.8. The van der Waals surface area contributed by atoms with Crippen molar-refractivity contribution < 1.29 is 22.7 Å². The van der Waals surface area contributed by atoms with Gasteiger partial charge in [0, 0.05) is 55.2 Å². The normalized spacial score (nSPS) is 23.2. The minimum Gasteiger partial charge on any atom is -0.381 e. The van der Waals surface area contributed by atoms with Gasteiger partial charge in [-0.15, -0.1) is 0 Å². The smallest absolute Gasteiger partial charge is 0.381 e. The summed E-state index contributed by atoms with van der Waals surface area (Å²) in [5.74, 6) is 0.0659. The summed E-state index contributed by atoms with van der Waals surface area (Å²) < 4.78 is 46.1. The molecule has 0 unspecified atom stereocenters. The van der Waals surface area contributed by atoms with Crippen LogP contribution < -0.4 is 4.90 Å². The lowest BCUT2D eigenvalue weighted by Crippen LogP contribution is -2.49. The molecule has 0 N–H and O–H groups in total. The Balaban J connectivity index is 1.58. The maximum atomic E-state index is 13.4. The van der Waals surface area contributed by atoms with Crippen molar-refractivity contribution in [2.75, 3.05) is 44.3 Å². The second-order valence-electron chi connectivity index (χ2n) is 8.43. The van der Waals surface area contributed by atoms with Crippen molar-refractivity contribution in [3.05, 3.63) is 51.7 Å². The zero-order chi connectivity index (χ0) is 22.9. The van der Waals surface area contributed by atoms with E-state index in [-0.39, 0.29) is 22.8 Å². The summed E-state index contributed by atoms with van der Waals surface area (Å²) in [5.41, 5.74) is -0.387. The van der Waals surface area contributed by atoms with Crippen molar-refractivity contribution in [3.63, 3.8) is 0 Å². The van der Waals surface area contributed by atoms with Crippen molar-refractivity contribution >= 4 is 22.9 Å². The van der Waals surface area contributed by atoms with E-state index in [2.05, 4.69) is 0 Å². The number of fused-ring (bicyclic) bond motifs is 1. The number of nitrogens with zero attached hydrogens (tertiary/aromatic N) is 3. The maximum Gasteiger partial charge on any atom is 0.417 e. The number of thiophene rings is 1. The van der Waals surface area contributed by atoms with Gasteiger partial charge in [0.1, 0.15) is 0 Å². The molecule has 3 heterocycles. The highest BCUT2D eigenvalue weighted by molar-refractivity contribution is 7.08. The number of benzene rings is 1. The summed E-state index contributed by atoms with van der Waals surface area (Å²) in [6.07, 6.45) is -3.88. The van der Waals surface area contributed by atoms with Crippen LogP contribution in [0.2, 0.25) is 0 Å². The Labute approximate surface area is 189 Å². The van der Waals surface area contributed by atoms with Gasteiger partial charge in [0.2, 0.25) is 0 Å². The molecule has 1 aromatic carbocycles. The molecule has 5 nitrogen and oxygen atoms in total. The lowest BCUT2D eigenvalue weighted by Gasteiger charge is -2.44. The number of likely N-dealkylation sites (tertiary alicyclic amines) is 1. The third-order valence-electron chi connectivity index (χ3n) is 6.58. The molecule has 9 heteroatoms. The highest BCUT2D eigenvalue weighted by Crippen LogP contribution is 2.45. The zero-order valence-electron chi connectivity index (χ0n) is 17.7. The Morgan fingerprint density at radius 3 is 2.81 bits per heavy atom. The molecule has 2 fully saturated rings. The lowest BCUT2D eigenvalue weighted by molar-refractivity contribution is -0.137. The molecule has 0 spiro atoms. The molecule has 2 aromatic rings. The van der Waals surface area contributed by atoms with Gasteiger partial charge in [0.15, 0.2) is 0 Å². The van der Waals surface area contributed by atoms with Crippen molar-refractivity contribution in [3.8, 4) is 6.07 Å². The number of rotatable bonds is 5. The molecule has 2 saturated heterocycles. The first-order valence-electron chi connectivity index (χ1n) is 10.5. The van der Waals surface area contributed by atoms with Crippen LogP contribution >= 0.6 is 11.3 Å². The quantitative estimate of drug-likeness (QED) is 0.648. The van der Waals surface area contributed by atoms with Crippen LogP contribution in [0.1, 0.15) is 34.8 Å². The average Bonchev–Trinajstić information content (AvgIpc) is 3.44. The second-order valence-corrected chi connectivity index (χ2v) is 9.21. The van der Waals surface area contributed by atoms with Gasteiger partial charge in [-0.25, -0.2) is 0 Å². The van der Waals surface area contributed by atoms with Gasteiger partial charge < -0.3 is 14.5 Å². The number of alkyl halides is 3. The SMILES string of the molecule is CCOC[C@@]12CCN(c3ccc(C#N)c(C(F)(F)F)c3)C[C@@H]1CN(C(=O)c1ccsc1)C2. The number of carbonyl (C=O) groups is 1. The predicted octanol–water partition coefficient (Wildman–Crippen LogP) is 4.64. The lowest BCUT2D eigenvalue weighted by atomic mass is 9.73. The van der Waals surface area contributed by atoms with E-state index in [1.165, 1.54) is 17.4 Å². The van der Waals surface area contributed by atoms with Gasteiger partial charge >= 0.3 is 6.18 Å². The Hall–Kier alpha value is -2.57. The van der Waals surface area contributed by atoms with Crippen molar-refractivity contribution in [1.29, 1.82) is 5.26 Å². The van der Waals surface area contributed by atoms with Crippen molar-refractivity contribution in [2.45, 2.75) is 19.5 Å². The molecule has 0 bridgehead atoms. The van der Waals surface area contributed by atoms with E-state index < -0.39 is 11.7 Å². The first-order chi connectivity index (χ1) is 15.3. The first kappa shape index (κ1) is 22.6. The van der Waals surface area contributed by atoms with Crippen LogP contribution in [-0.2, 0) is 10.9 Å². The first-order valence-corrected chi connectivity index (χ1v) is 11.5. The predicted molar refractivity (Wildman–Crippen MR) is 116 cm³/mol. The fraction of sp³-hybridized carbons (Fsp3) is 0.478. The monoisotopic (exact) mass is 463 g/mol. The molecule has 32 heavy (non-hydrogen) atoms. The standard InChI is InChI=1S/C23H24F3N3O2S/c1-2-31-15-22-6-7-28(19-4-3-16(10-27)20(9-19)23(24,25)26)11-18(22)12-29(14-22)21(30)17-5-8-32-13-17/h3-5,8-9,13,18H,2,6-7,11-12,14-15H2,1H3/t18-,22+/m1/s1. The molecule has 2 atom stereocenters. The van der Waals surface area contributed by atoms with Gasteiger partial charge in [-0.3, -0.25) is 4.79 Å². The number of nitriles is 1. The maximum absolute atomic E-state index is 13.4. The van der Waals surface area contributed by atoms with Crippen LogP contribution in [0.3, 0.4) is 0 Å². The number of hydrogen-bond acceptors (Lipinski definition) is 5. The Morgan fingerprint density at radius 2 is 2.16 bits per heavy atom. The summed E-state index contributed by atoms with van der Waals surface area (Å²) >= 11 is 1.47. The summed E-state index contributed by atoms with van der Waals surface area (Å²) in [7, 11) is 0. The summed E-state index contributed by atoms with van der Waals surface area (Å²) in [6.45, 7) is 5.25. The minimum atomic E-state index is -4.59. The second kappa shape index (κ2) is 8.75. The molecule has 0 aliphatic carbocycles. The van der Waals surface area contributed by atoms with Crippen LogP contribution in [0.4, 0.5) is 18.9 Å². The summed E-state index contributed by atoms with van der Waals surface area (Å²) in [5, 5.41) is 12.8. The van der Waals surface area contributed by atoms with Crippen LogP contribution in [0.5, 0.6) is 0 Å². The fourth-order valence-corrected chi connectivity index (χ4v) is 5.47. The molecule has 1 amide bonds.